The molecule has 142 valence electrons. The molecule has 0 spiro atoms. The van der Waals surface area contributed by atoms with Gasteiger partial charge in [0.1, 0.15) is 12.4 Å². The molecule has 1 aliphatic rings. The second-order valence-electron chi connectivity index (χ2n) is 6.19. The summed E-state index contributed by atoms with van der Waals surface area (Å²) in [6.07, 6.45) is 1.20. The van der Waals surface area contributed by atoms with Crippen molar-refractivity contribution in [1.29, 1.82) is 0 Å². The number of carbonyl (C=O) groups excluding carboxylic acids is 3. The molecule has 27 heavy (non-hydrogen) atoms. The molecule has 8 nitrogen and oxygen atoms in total. The number of urea groups is 1. The van der Waals surface area contributed by atoms with Crippen LogP contribution in [0.3, 0.4) is 0 Å². The van der Waals surface area contributed by atoms with Gasteiger partial charge in [-0.25, -0.2) is 4.79 Å². The maximum atomic E-state index is 12.8. The van der Waals surface area contributed by atoms with Crippen LogP contribution in [-0.4, -0.2) is 59.4 Å². The van der Waals surface area contributed by atoms with E-state index in [0.29, 0.717) is 42.0 Å². The lowest BCUT2D eigenvalue weighted by atomic mass is 10.1. The van der Waals surface area contributed by atoms with Crippen molar-refractivity contribution >= 4 is 28.7 Å². The van der Waals surface area contributed by atoms with Gasteiger partial charge in [0.25, 0.3) is 5.91 Å². The zero-order valence-corrected chi connectivity index (χ0v) is 15.4. The van der Waals surface area contributed by atoms with Gasteiger partial charge in [0.2, 0.25) is 5.91 Å². The van der Waals surface area contributed by atoms with Crippen LogP contribution in [0.5, 0.6) is 5.75 Å². The summed E-state index contributed by atoms with van der Waals surface area (Å²) in [4.78, 5) is 42.3. The quantitative estimate of drug-likeness (QED) is 0.600. The molecule has 0 atom stereocenters. The number of aromatic nitrogens is 1. The van der Waals surface area contributed by atoms with Crippen molar-refractivity contribution in [3.05, 3.63) is 42.1 Å². The summed E-state index contributed by atoms with van der Waals surface area (Å²) in [7, 11) is 1.49. The molecule has 1 aromatic carbocycles. The average Bonchev–Trinajstić information content (AvgIpc) is 3.00. The minimum atomic E-state index is -0.340. The molecule has 0 saturated heterocycles. The molecular formula is C19H22N4O4. The Morgan fingerprint density at radius 3 is 2.89 bits per heavy atom. The normalized spacial score (nSPS) is 14.1. The second kappa shape index (κ2) is 7.53. The van der Waals surface area contributed by atoms with E-state index in [-0.39, 0.29) is 24.5 Å². The molecule has 2 N–H and O–H groups in total. The largest absolute Gasteiger partial charge is 0.492 e. The van der Waals surface area contributed by atoms with Crippen molar-refractivity contribution < 1.29 is 19.1 Å². The topological polar surface area (TPSA) is 94.7 Å². The van der Waals surface area contributed by atoms with Gasteiger partial charge < -0.3 is 19.9 Å². The number of amides is 4. The van der Waals surface area contributed by atoms with Crippen LogP contribution in [0, 0.1) is 0 Å². The average molecular weight is 370 g/mol. The summed E-state index contributed by atoms with van der Waals surface area (Å²) in [5.74, 6) is -0.0214. The number of hydrogen-bond donors (Lipinski definition) is 2. The minimum Gasteiger partial charge on any atom is -0.492 e. The molecule has 0 bridgehead atoms. The smallest absolute Gasteiger partial charge is 0.327 e. The van der Waals surface area contributed by atoms with Crippen molar-refractivity contribution in [2.24, 2.45) is 0 Å². The number of nitrogens with one attached hydrogen (secondary N) is 2. The Labute approximate surface area is 156 Å². The first-order valence-electron chi connectivity index (χ1n) is 8.70. The third kappa shape index (κ3) is 3.51. The number of ether oxygens (including phenoxy) is 1. The van der Waals surface area contributed by atoms with E-state index in [2.05, 4.69) is 16.9 Å². The third-order valence-corrected chi connectivity index (χ3v) is 4.51. The molecule has 0 fully saturated rings. The van der Waals surface area contributed by atoms with Gasteiger partial charge in [-0.15, -0.1) is 0 Å². The maximum Gasteiger partial charge on any atom is 0.327 e. The molecule has 2 heterocycles. The van der Waals surface area contributed by atoms with Gasteiger partial charge >= 0.3 is 6.03 Å². The number of carbonyl (C=O) groups is 3. The number of hydrogen-bond acceptors (Lipinski definition) is 4. The summed E-state index contributed by atoms with van der Waals surface area (Å²) in [6, 6.07) is 5.10. The van der Waals surface area contributed by atoms with Crippen molar-refractivity contribution in [2.75, 3.05) is 26.7 Å². The summed E-state index contributed by atoms with van der Waals surface area (Å²) >= 11 is 0. The molecule has 1 aliphatic heterocycles. The molecule has 0 aliphatic carbocycles. The minimum absolute atomic E-state index is 0.260. The lowest BCUT2D eigenvalue weighted by molar-refractivity contribution is -0.116. The van der Waals surface area contributed by atoms with E-state index in [1.165, 1.54) is 13.1 Å². The Morgan fingerprint density at radius 2 is 2.19 bits per heavy atom. The number of imide groups is 1. The maximum absolute atomic E-state index is 12.8. The molecule has 1 aromatic heterocycles. The van der Waals surface area contributed by atoms with E-state index >= 15 is 0 Å². The standard InChI is InChI=1S/C19H22N4O4/c1-4-16(24)20-8-9-27-12-6-7-14-13(10-12)17-15(21-14)11-23(5-2)19(26)22(3)18(17)25/h4,6-7,10,21H,1,5,8-9,11H2,2-3H3,(H,20,24). The number of rotatable bonds is 6. The molecule has 0 radical (unpaired) electrons. The summed E-state index contributed by atoms with van der Waals surface area (Å²) < 4.78 is 5.66. The monoisotopic (exact) mass is 370 g/mol. The molecule has 3 rings (SSSR count). The van der Waals surface area contributed by atoms with Gasteiger partial charge in [-0.05, 0) is 31.2 Å². The predicted molar refractivity (Wildman–Crippen MR) is 101 cm³/mol. The Bertz CT molecular complexity index is 918. The lowest BCUT2D eigenvalue weighted by Gasteiger charge is -2.22. The van der Waals surface area contributed by atoms with Crippen molar-refractivity contribution in [1.82, 2.24) is 20.1 Å². The van der Waals surface area contributed by atoms with E-state index in [4.69, 9.17) is 4.74 Å². The fourth-order valence-electron chi connectivity index (χ4n) is 3.07. The van der Waals surface area contributed by atoms with Crippen LogP contribution in [0.4, 0.5) is 4.79 Å². The Kier molecular flexibility index (Phi) is 5.16. The number of benzene rings is 1. The first kappa shape index (κ1) is 18.5. The van der Waals surface area contributed by atoms with E-state index < -0.39 is 0 Å². The molecule has 8 heteroatoms. The Balaban J connectivity index is 1.87. The van der Waals surface area contributed by atoms with Crippen LogP contribution >= 0.6 is 0 Å². The van der Waals surface area contributed by atoms with Crippen LogP contribution in [0.25, 0.3) is 10.9 Å². The fraction of sp³-hybridized carbons (Fsp3) is 0.316. The van der Waals surface area contributed by atoms with Crippen LogP contribution in [0.2, 0.25) is 0 Å². The molecule has 0 unspecified atom stereocenters. The third-order valence-electron chi connectivity index (χ3n) is 4.51. The lowest BCUT2D eigenvalue weighted by Crippen LogP contribution is -2.41. The second-order valence-corrected chi connectivity index (χ2v) is 6.19. The molecule has 4 amide bonds. The van der Waals surface area contributed by atoms with Gasteiger partial charge in [-0.1, -0.05) is 6.58 Å². The number of nitrogens with zero attached hydrogens (tertiary/aromatic N) is 2. The first-order valence-corrected chi connectivity index (χ1v) is 8.70. The van der Waals surface area contributed by atoms with Crippen LogP contribution in [0.1, 0.15) is 23.0 Å². The van der Waals surface area contributed by atoms with Crippen LogP contribution in [-0.2, 0) is 11.3 Å². The Hall–Kier alpha value is -3.29. The SMILES string of the molecule is C=CC(=O)NCCOc1ccc2[nH]c3c(c2c1)C(=O)N(C)C(=O)N(CC)C3. The van der Waals surface area contributed by atoms with Gasteiger partial charge in [0, 0.05) is 30.2 Å². The fourth-order valence-corrected chi connectivity index (χ4v) is 3.07. The van der Waals surface area contributed by atoms with E-state index in [0.717, 1.165) is 10.4 Å². The zero-order chi connectivity index (χ0) is 19.6. The number of H-pyrrole nitrogens is 1. The van der Waals surface area contributed by atoms with Crippen LogP contribution < -0.4 is 10.1 Å². The van der Waals surface area contributed by atoms with Gasteiger partial charge in [-0.3, -0.25) is 14.5 Å². The van der Waals surface area contributed by atoms with Gasteiger partial charge in [-0.2, -0.15) is 0 Å². The predicted octanol–water partition coefficient (Wildman–Crippen LogP) is 1.88. The molecular weight excluding hydrogens is 348 g/mol. The van der Waals surface area contributed by atoms with E-state index in [1.54, 1.807) is 17.0 Å². The summed E-state index contributed by atoms with van der Waals surface area (Å²) in [5, 5.41) is 3.34. The number of fused-ring (bicyclic) bond motifs is 3. The van der Waals surface area contributed by atoms with Crippen molar-refractivity contribution in [2.45, 2.75) is 13.5 Å². The van der Waals surface area contributed by atoms with Gasteiger partial charge in [0.05, 0.1) is 18.7 Å². The van der Waals surface area contributed by atoms with Gasteiger partial charge in [0.15, 0.2) is 0 Å². The molecule has 0 saturated carbocycles. The summed E-state index contributed by atoms with van der Waals surface area (Å²) in [5.41, 5.74) is 2.01. The van der Waals surface area contributed by atoms with Crippen molar-refractivity contribution in [3.63, 3.8) is 0 Å². The highest BCUT2D eigenvalue weighted by Gasteiger charge is 2.32. The van der Waals surface area contributed by atoms with E-state index in [1.807, 2.05) is 13.0 Å². The summed E-state index contributed by atoms with van der Waals surface area (Å²) in [6.45, 7) is 6.75. The highest BCUT2D eigenvalue weighted by Crippen LogP contribution is 2.30. The van der Waals surface area contributed by atoms with E-state index in [9.17, 15) is 14.4 Å². The number of aromatic amines is 1. The first-order chi connectivity index (χ1) is 13.0. The van der Waals surface area contributed by atoms with Crippen LogP contribution in [0.15, 0.2) is 30.9 Å². The van der Waals surface area contributed by atoms with Crippen molar-refractivity contribution in [3.8, 4) is 5.75 Å². The zero-order valence-electron chi connectivity index (χ0n) is 15.4. The Morgan fingerprint density at radius 1 is 1.41 bits per heavy atom. The highest BCUT2D eigenvalue weighted by atomic mass is 16.5. The highest BCUT2D eigenvalue weighted by molar-refractivity contribution is 6.13. The molecule has 2 aromatic rings.